The number of hydrogen-bond acceptors (Lipinski definition) is 2. The van der Waals surface area contributed by atoms with Gasteiger partial charge in [0, 0.05) is 23.6 Å². The van der Waals surface area contributed by atoms with Crippen molar-refractivity contribution in [3.63, 3.8) is 0 Å². The fraction of sp³-hybridized carbons (Fsp3) is 0.471. The van der Waals surface area contributed by atoms with E-state index < -0.39 is 0 Å². The van der Waals surface area contributed by atoms with Crippen LogP contribution in [0.25, 0.3) is 0 Å². The molecule has 0 saturated carbocycles. The van der Waals surface area contributed by atoms with Crippen molar-refractivity contribution in [3.05, 3.63) is 47.0 Å². The van der Waals surface area contributed by atoms with Crippen LogP contribution in [0.5, 0.6) is 0 Å². The number of aliphatic hydroxyl groups excluding tert-OH is 1. The maximum atomic E-state index is 12.2. The second-order valence-electron chi connectivity index (χ2n) is 6.03. The standard InChI is InChI=1S/C17H23ClN2O2/c1-11(2)16(14-5-3-4-6-15(14)18)20-17(22)19-13-8-7-12(9-13)10-21/h3-8,11-13,16,21H,9-10H2,1-2H3,(H2,19,20,22)/t12-,13+,16?/m0/s1. The van der Waals surface area contributed by atoms with Crippen LogP contribution < -0.4 is 10.6 Å². The van der Waals surface area contributed by atoms with Crippen molar-refractivity contribution in [1.82, 2.24) is 10.6 Å². The van der Waals surface area contributed by atoms with Gasteiger partial charge in [0.25, 0.3) is 0 Å². The molecule has 1 aromatic rings. The third-order valence-electron chi connectivity index (χ3n) is 3.92. The predicted molar refractivity (Wildman–Crippen MR) is 88.8 cm³/mol. The van der Waals surface area contributed by atoms with Gasteiger partial charge in [-0.05, 0) is 24.0 Å². The van der Waals surface area contributed by atoms with Crippen LogP contribution in [-0.2, 0) is 0 Å². The Morgan fingerprint density at radius 2 is 2.09 bits per heavy atom. The van der Waals surface area contributed by atoms with Crippen LogP contribution in [0, 0.1) is 11.8 Å². The Bertz CT molecular complexity index is 545. The van der Waals surface area contributed by atoms with E-state index in [4.69, 9.17) is 16.7 Å². The van der Waals surface area contributed by atoms with Crippen molar-refractivity contribution >= 4 is 17.6 Å². The smallest absolute Gasteiger partial charge is 0.315 e. The van der Waals surface area contributed by atoms with Gasteiger partial charge in [-0.25, -0.2) is 4.79 Å². The van der Waals surface area contributed by atoms with E-state index in [1.54, 1.807) is 0 Å². The number of aliphatic hydroxyl groups is 1. The SMILES string of the molecule is CC(C)C(NC(=O)N[C@@H]1C=C[C@H](CO)C1)c1ccccc1Cl. The maximum Gasteiger partial charge on any atom is 0.315 e. The minimum absolute atomic E-state index is 0.0313. The van der Waals surface area contributed by atoms with Gasteiger partial charge in [-0.2, -0.15) is 0 Å². The van der Waals surface area contributed by atoms with Gasteiger partial charge in [-0.15, -0.1) is 0 Å². The quantitative estimate of drug-likeness (QED) is 0.729. The molecule has 0 spiro atoms. The fourth-order valence-corrected chi connectivity index (χ4v) is 2.95. The molecule has 2 amide bonds. The van der Waals surface area contributed by atoms with Crippen LogP contribution in [0.1, 0.15) is 31.9 Å². The molecule has 2 rings (SSSR count). The molecule has 1 aromatic carbocycles. The van der Waals surface area contributed by atoms with Gasteiger partial charge in [0.2, 0.25) is 0 Å². The topological polar surface area (TPSA) is 61.4 Å². The summed E-state index contributed by atoms with van der Waals surface area (Å²) in [7, 11) is 0. The molecule has 0 heterocycles. The van der Waals surface area contributed by atoms with E-state index in [2.05, 4.69) is 10.6 Å². The van der Waals surface area contributed by atoms with Crippen molar-refractivity contribution in [2.45, 2.75) is 32.4 Å². The number of rotatable bonds is 5. The molecule has 0 aliphatic heterocycles. The molecule has 0 fully saturated rings. The molecule has 4 nitrogen and oxygen atoms in total. The van der Waals surface area contributed by atoms with E-state index in [0.717, 1.165) is 12.0 Å². The summed E-state index contributed by atoms with van der Waals surface area (Å²) in [6, 6.07) is 7.17. The predicted octanol–water partition coefficient (Wildman–Crippen LogP) is 3.27. The first-order chi connectivity index (χ1) is 10.5. The number of carbonyl (C=O) groups excluding carboxylic acids is 1. The summed E-state index contributed by atoms with van der Waals surface area (Å²) in [4.78, 5) is 12.2. The third-order valence-corrected chi connectivity index (χ3v) is 4.26. The first-order valence-corrected chi connectivity index (χ1v) is 7.99. The zero-order valence-corrected chi connectivity index (χ0v) is 13.7. The molecule has 120 valence electrons. The normalized spacial score (nSPS) is 21.9. The van der Waals surface area contributed by atoms with Crippen molar-refractivity contribution < 1.29 is 9.90 Å². The lowest BCUT2D eigenvalue weighted by Gasteiger charge is -2.25. The van der Waals surface area contributed by atoms with Gasteiger partial charge >= 0.3 is 6.03 Å². The number of carbonyl (C=O) groups is 1. The molecule has 22 heavy (non-hydrogen) atoms. The maximum absolute atomic E-state index is 12.2. The highest BCUT2D eigenvalue weighted by atomic mass is 35.5. The molecule has 1 aliphatic carbocycles. The second-order valence-corrected chi connectivity index (χ2v) is 6.44. The van der Waals surface area contributed by atoms with Gasteiger partial charge in [0.1, 0.15) is 0 Å². The highest BCUT2D eigenvalue weighted by Crippen LogP contribution is 2.28. The molecule has 0 saturated heterocycles. The van der Waals surface area contributed by atoms with Gasteiger partial charge in [-0.1, -0.05) is 55.8 Å². The Labute approximate surface area is 136 Å². The van der Waals surface area contributed by atoms with E-state index in [9.17, 15) is 4.79 Å². The molecule has 0 radical (unpaired) electrons. The van der Waals surface area contributed by atoms with Gasteiger partial charge in [0.15, 0.2) is 0 Å². The van der Waals surface area contributed by atoms with Crippen molar-refractivity contribution in [3.8, 4) is 0 Å². The molecular formula is C17H23ClN2O2. The highest BCUT2D eigenvalue weighted by molar-refractivity contribution is 6.31. The molecule has 1 unspecified atom stereocenters. The molecule has 1 aliphatic rings. The minimum atomic E-state index is -0.216. The van der Waals surface area contributed by atoms with Crippen LogP contribution in [-0.4, -0.2) is 23.8 Å². The van der Waals surface area contributed by atoms with Crippen LogP contribution in [0.4, 0.5) is 4.79 Å². The number of nitrogens with one attached hydrogen (secondary N) is 2. The van der Waals surface area contributed by atoms with Gasteiger partial charge < -0.3 is 15.7 Å². The lowest BCUT2D eigenvalue weighted by molar-refractivity contribution is 0.225. The molecule has 3 N–H and O–H groups in total. The Kier molecular flexibility index (Phi) is 5.86. The lowest BCUT2D eigenvalue weighted by Crippen LogP contribution is -2.43. The number of urea groups is 1. The summed E-state index contributed by atoms with van der Waals surface area (Å²) in [6.45, 7) is 4.21. The lowest BCUT2D eigenvalue weighted by atomic mass is 9.96. The zero-order valence-electron chi connectivity index (χ0n) is 12.9. The van der Waals surface area contributed by atoms with E-state index in [1.165, 1.54) is 0 Å². The summed E-state index contributed by atoms with van der Waals surface area (Å²) >= 11 is 6.24. The number of hydrogen-bond donors (Lipinski definition) is 3. The average Bonchev–Trinajstić information content (AvgIpc) is 2.93. The van der Waals surface area contributed by atoms with Gasteiger partial charge in [-0.3, -0.25) is 0 Å². The Balaban J connectivity index is 1.99. The highest BCUT2D eigenvalue weighted by Gasteiger charge is 2.23. The molecular weight excluding hydrogens is 300 g/mol. The summed E-state index contributed by atoms with van der Waals surface area (Å²) in [6.07, 6.45) is 4.61. The van der Waals surface area contributed by atoms with Gasteiger partial charge in [0.05, 0.1) is 6.04 Å². The first-order valence-electron chi connectivity index (χ1n) is 7.62. The van der Waals surface area contributed by atoms with Crippen molar-refractivity contribution in [2.24, 2.45) is 11.8 Å². The molecule has 3 atom stereocenters. The van der Waals surface area contributed by atoms with Crippen LogP contribution in [0.2, 0.25) is 5.02 Å². The van der Waals surface area contributed by atoms with E-state index >= 15 is 0 Å². The molecule has 5 heteroatoms. The summed E-state index contributed by atoms with van der Waals surface area (Å²) in [5.41, 5.74) is 0.921. The van der Waals surface area contributed by atoms with E-state index in [0.29, 0.717) is 5.02 Å². The molecule has 0 aromatic heterocycles. The molecule has 0 bridgehead atoms. The zero-order chi connectivity index (χ0) is 16.1. The van der Waals surface area contributed by atoms with Crippen LogP contribution in [0.15, 0.2) is 36.4 Å². The van der Waals surface area contributed by atoms with Crippen molar-refractivity contribution in [2.75, 3.05) is 6.61 Å². The summed E-state index contributed by atoms with van der Waals surface area (Å²) < 4.78 is 0. The first kappa shape index (κ1) is 16.8. The summed E-state index contributed by atoms with van der Waals surface area (Å²) in [5, 5.41) is 15.7. The van der Waals surface area contributed by atoms with Crippen molar-refractivity contribution in [1.29, 1.82) is 0 Å². The number of halogens is 1. The Morgan fingerprint density at radius 3 is 2.68 bits per heavy atom. The monoisotopic (exact) mass is 322 g/mol. The number of benzene rings is 1. The fourth-order valence-electron chi connectivity index (χ4n) is 2.70. The second kappa shape index (κ2) is 7.65. The van der Waals surface area contributed by atoms with Crippen LogP contribution in [0.3, 0.4) is 0 Å². The Morgan fingerprint density at radius 1 is 1.36 bits per heavy atom. The minimum Gasteiger partial charge on any atom is -0.396 e. The van der Waals surface area contributed by atoms with Crippen LogP contribution >= 0.6 is 11.6 Å². The van der Waals surface area contributed by atoms with E-state index in [-0.39, 0.29) is 36.6 Å². The third kappa shape index (κ3) is 4.24. The van der Waals surface area contributed by atoms with E-state index in [1.807, 2.05) is 50.3 Å². The largest absolute Gasteiger partial charge is 0.396 e. The summed E-state index contributed by atoms with van der Waals surface area (Å²) in [5.74, 6) is 0.352. The Hall–Kier alpha value is -1.52. The average molecular weight is 323 g/mol. The number of amides is 2.